The maximum Gasteiger partial charge on any atom is 0.268 e. The van der Waals surface area contributed by atoms with Gasteiger partial charge in [-0.05, 0) is 42.2 Å². The third-order valence-corrected chi connectivity index (χ3v) is 5.13. The van der Waals surface area contributed by atoms with Gasteiger partial charge >= 0.3 is 0 Å². The number of rotatable bonds is 5. The number of benzene rings is 3. The first-order valence-electron chi connectivity index (χ1n) is 9.39. The molecule has 0 aliphatic carbocycles. The second-order valence-electron chi connectivity index (χ2n) is 7.15. The molecule has 0 spiro atoms. The van der Waals surface area contributed by atoms with Crippen molar-refractivity contribution in [2.45, 2.75) is 12.8 Å². The number of hydrogen-bond acceptors (Lipinski definition) is 3. The Labute approximate surface area is 165 Å². The molecule has 0 fully saturated rings. The van der Waals surface area contributed by atoms with E-state index in [4.69, 9.17) is 0 Å². The van der Waals surface area contributed by atoms with Crippen LogP contribution in [0.3, 0.4) is 0 Å². The summed E-state index contributed by atoms with van der Waals surface area (Å²) in [6, 6.07) is 23.3. The Morgan fingerprint density at radius 3 is 2.21 bits per heavy atom. The molecular weight excluding hydrogens is 348 g/mol. The summed E-state index contributed by atoms with van der Waals surface area (Å²) in [5.41, 5.74) is 4.61. The number of para-hydroxylation sites is 1. The van der Waals surface area contributed by atoms with Crippen molar-refractivity contribution in [1.29, 1.82) is 0 Å². The molecule has 0 saturated carbocycles. The van der Waals surface area contributed by atoms with Gasteiger partial charge in [-0.2, -0.15) is 0 Å². The molecular formula is C24H22N2O2. The minimum absolute atomic E-state index is 0.253. The van der Waals surface area contributed by atoms with Gasteiger partial charge in [-0.3, -0.25) is 9.59 Å². The third kappa shape index (κ3) is 3.07. The van der Waals surface area contributed by atoms with Gasteiger partial charge in [0.05, 0.1) is 16.8 Å². The van der Waals surface area contributed by atoms with Crippen molar-refractivity contribution in [3.63, 3.8) is 0 Å². The van der Waals surface area contributed by atoms with E-state index in [0.29, 0.717) is 16.8 Å². The fourth-order valence-electron chi connectivity index (χ4n) is 3.72. The highest BCUT2D eigenvalue weighted by molar-refractivity contribution is 6.36. The maximum absolute atomic E-state index is 13.2. The van der Waals surface area contributed by atoms with Crippen LogP contribution in [0, 0.1) is 0 Å². The molecule has 0 N–H and O–H groups in total. The molecule has 4 rings (SSSR count). The van der Waals surface area contributed by atoms with Crippen LogP contribution in [0.25, 0.3) is 0 Å². The zero-order valence-electron chi connectivity index (χ0n) is 16.1. The van der Waals surface area contributed by atoms with Crippen molar-refractivity contribution < 1.29 is 9.59 Å². The molecule has 1 aliphatic rings. The fraction of sp³-hybridized carbons (Fsp3) is 0.167. The summed E-state index contributed by atoms with van der Waals surface area (Å²) in [7, 11) is 3.76. The standard InChI is InChI=1S/C24H22N2O2/c1-25(2)21-14-8-12-19-22(21)24(28)26(23(19)27)20-13-7-6-11-18(20)16-15-17-9-4-3-5-10-17/h3-14H,15-16H2,1-2H3. The number of carbonyl (C=O) groups excluding carboxylic acids is 2. The van der Waals surface area contributed by atoms with Gasteiger partial charge in [0.15, 0.2) is 0 Å². The molecule has 4 nitrogen and oxygen atoms in total. The molecule has 4 heteroatoms. The second-order valence-corrected chi connectivity index (χ2v) is 7.15. The predicted octanol–water partition coefficient (Wildman–Crippen LogP) is 4.34. The Hall–Kier alpha value is -3.40. The number of hydrogen-bond donors (Lipinski definition) is 0. The molecule has 0 saturated heterocycles. The van der Waals surface area contributed by atoms with Crippen LogP contribution in [0.15, 0.2) is 72.8 Å². The van der Waals surface area contributed by atoms with Crippen LogP contribution in [-0.4, -0.2) is 25.9 Å². The van der Waals surface area contributed by atoms with E-state index in [9.17, 15) is 9.59 Å². The molecule has 0 atom stereocenters. The summed E-state index contributed by atoms with van der Waals surface area (Å²) in [6.07, 6.45) is 1.61. The van der Waals surface area contributed by atoms with Gasteiger partial charge < -0.3 is 4.90 Å². The lowest BCUT2D eigenvalue weighted by atomic mass is 10.0. The van der Waals surface area contributed by atoms with Crippen LogP contribution in [-0.2, 0) is 12.8 Å². The van der Waals surface area contributed by atoms with E-state index < -0.39 is 0 Å². The third-order valence-electron chi connectivity index (χ3n) is 5.13. The number of anilines is 2. The molecule has 0 unspecified atom stereocenters. The minimum Gasteiger partial charge on any atom is -0.377 e. The topological polar surface area (TPSA) is 40.6 Å². The van der Waals surface area contributed by atoms with E-state index in [1.807, 2.05) is 73.6 Å². The van der Waals surface area contributed by atoms with Gasteiger partial charge in [-0.25, -0.2) is 4.90 Å². The molecule has 3 aromatic rings. The lowest BCUT2D eigenvalue weighted by Crippen LogP contribution is -2.30. The number of nitrogens with zero attached hydrogens (tertiary/aromatic N) is 2. The molecule has 0 bridgehead atoms. The quantitative estimate of drug-likeness (QED) is 0.628. The van der Waals surface area contributed by atoms with Crippen LogP contribution >= 0.6 is 0 Å². The highest BCUT2D eigenvalue weighted by atomic mass is 16.2. The Bertz CT molecular complexity index is 1040. The van der Waals surface area contributed by atoms with E-state index in [-0.39, 0.29) is 11.8 Å². The SMILES string of the molecule is CN(C)c1cccc2c1C(=O)N(c1ccccc1CCc1ccccc1)C2=O. The average Bonchev–Trinajstić information content (AvgIpc) is 2.98. The monoisotopic (exact) mass is 370 g/mol. The predicted molar refractivity (Wildman–Crippen MR) is 112 cm³/mol. The smallest absolute Gasteiger partial charge is 0.268 e. The first-order valence-corrected chi connectivity index (χ1v) is 9.39. The van der Waals surface area contributed by atoms with Crippen LogP contribution in [0.4, 0.5) is 11.4 Å². The molecule has 0 radical (unpaired) electrons. The fourth-order valence-corrected chi connectivity index (χ4v) is 3.72. The Morgan fingerprint density at radius 1 is 0.750 bits per heavy atom. The van der Waals surface area contributed by atoms with Crippen LogP contribution in [0.1, 0.15) is 31.8 Å². The second kappa shape index (κ2) is 7.31. The Kier molecular flexibility index (Phi) is 4.70. The Morgan fingerprint density at radius 2 is 1.46 bits per heavy atom. The first kappa shape index (κ1) is 18.0. The summed E-state index contributed by atoms with van der Waals surface area (Å²) in [5, 5.41) is 0. The minimum atomic E-state index is -0.254. The van der Waals surface area contributed by atoms with Gasteiger partial charge in [-0.15, -0.1) is 0 Å². The van der Waals surface area contributed by atoms with Crippen molar-refractivity contribution in [2.75, 3.05) is 23.9 Å². The van der Waals surface area contributed by atoms with Gasteiger partial charge in [0.2, 0.25) is 0 Å². The molecule has 0 aromatic heterocycles. The highest BCUT2D eigenvalue weighted by Gasteiger charge is 2.39. The van der Waals surface area contributed by atoms with Crippen molar-refractivity contribution >= 4 is 23.2 Å². The van der Waals surface area contributed by atoms with E-state index in [2.05, 4.69) is 12.1 Å². The molecule has 28 heavy (non-hydrogen) atoms. The van der Waals surface area contributed by atoms with Gasteiger partial charge in [0, 0.05) is 19.8 Å². The number of carbonyl (C=O) groups is 2. The van der Waals surface area contributed by atoms with E-state index >= 15 is 0 Å². The van der Waals surface area contributed by atoms with Crippen LogP contribution in [0.5, 0.6) is 0 Å². The summed E-state index contributed by atoms with van der Waals surface area (Å²) in [5.74, 6) is -0.507. The van der Waals surface area contributed by atoms with Crippen LogP contribution < -0.4 is 9.80 Å². The van der Waals surface area contributed by atoms with Gasteiger partial charge in [0.25, 0.3) is 11.8 Å². The zero-order valence-corrected chi connectivity index (χ0v) is 16.1. The number of amides is 2. The molecule has 2 amide bonds. The van der Waals surface area contributed by atoms with Gasteiger partial charge in [-0.1, -0.05) is 54.6 Å². The Balaban J connectivity index is 1.70. The first-order chi connectivity index (χ1) is 13.6. The van der Waals surface area contributed by atoms with Gasteiger partial charge in [0.1, 0.15) is 0 Å². The molecule has 1 heterocycles. The molecule has 3 aromatic carbocycles. The number of imide groups is 1. The molecule has 140 valence electrons. The highest BCUT2D eigenvalue weighted by Crippen LogP contribution is 2.35. The average molecular weight is 370 g/mol. The number of fused-ring (bicyclic) bond motifs is 1. The summed E-state index contributed by atoms with van der Waals surface area (Å²) in [4.78, 5) is 29.5. The summed E-state index contributed by atoms with van der Waals surface area (Å²) >= 11 is 0. The van der Waals surface area contributed by atoms with E-state index in [1.54, 1.807) is 6.07 Å². The molecule has 1 aliphatic heterocycles. The van der Waals surface area contributed by atoms with Crippen LogP contribution in [0.2, 0.25) is 0 Å². The normalized spacial score (nSPS) is 13.0. The van der Waals surface area contributed by atoms with Crippen molar-refractivity contribution in [3.8, 4) is 0 Å². The summed E-state index contributed by atoms with van der Waals surface area (Å²) < 4.78 is 0. The maximum atomic E-state index is 13.2. The largest absolute Gasteiger partial charge is 0.377 e. The number of aryl methyl sites for hydroxylation is 2. The lowest BCUT2D eigenvalue weighted by Gasteiger charge is -2.19. The van der Waals surface area contributed by atoms with Crippen molar-refractivity contribution in [2.24, 2.45) is 0 Å². The zero-order chi connectivity index (χ0) is 19.7. The van der Waals surface area contributed by atoms with Crippen molar-refractivity contribution in [3.05, 3.63) is 95.1 Å². The summed E-state index contributed by atoms with van der Waals surface area (Å²) in [6.45, 7) is 0. The van der Waals surface area contributed by atoms with Crippen molar-refractivity contribution in [1.82, 2.24) is 0 Å². The van der Waals surface area contributed by atoms with E-state index in [0.717, 1.165) is 24.1 Å². The lowest BCUT2D eigenvalue weighted by molar-refractivity contribution is 0.0926. The van der Waals surface area contributed by atoms with E-state index in [1.165, 1.54) is 10.5 Å².